The predicted octanol–water partition coefficient (Wildman–Crippen LogP) is 4.67. The van der Waals surface area contributed by atoms with Crippen molar-refractivity contribution in [3.05, 3.63) is 63.9 Å². The topological polar surface area (TPSA) is 24.9 Å². The van der Waals surface area contributed by atoms with Gasteiger partial charge in [-0.2, -0.15) is 0 Å². The third-order valence-corrected chi connectivity index (χ3v) is 3.75. The molecule has 2 rings (SSSR count). The number of halogens is 2. The maximum Gasteiger partial charge on any atom is 0.0622 e. The van der Waals surface area contributed by atoms with Gasteiger partial charge in [0.2, 0.25) is 0 Å². The molecule has 0 saturated heterocycles. The standard InChI is InChI=1S/C16H18Cl2N2/c1-2-7-20-16(13-4-3-5-14(17)9-13)10-12-6-8-19-11-15(12)18/h3-6,8-9,11,16,20H,2,7,10H2,1H3. The van der Waals surface area contributed by atoms with Crippen molar-refractivity contribution in [2.75, 3.05) is 6.54 Å². The molecule has 20 heavy (non-hydrogen) atoms. The smallest absolute Gasteiger partial charge is 0.0622 e. The van der Waals surface area contributed by atoms with E-state index in [1.807, 2.05) is 24.3 Å². The van der Waals surface area contributed by atoms with Gasteiger partial charge in [-0.05, 0) is 48.7 Å². The quantitative estimate of drug-likeness (QED) is 0.838. The van der Waals surface area contributed by atoms with Crippen LogP contribution >= 0.6 is 23.2 Å². The van der Waals surface area contributed by atoms with Crippen LogP contribution in [0.25, 0.3) is 0 Å². The maximum atomic E-state index is 6.20. The van der Waals surface area contributed by atoms with Crippen LogP contribution < -0.4 is 5.32 Å². The molecule has 1 heterocycles. The molecule has 0 amide bonds. The summed E-state index contributed by atoms with van der Waals surface area (Å²) in [6.07, 6.45) is 5.37. The van der Waals surface area contributed by atoms with E-state index in [0.29, 0.717) is 5.02 Å². The summed E-state index contributed by atoms with van der Waals surface area (Å²) in [4.78, 5) is 4.03. The first kappa shape index (κ1) is 15.3. The van der Waals surface area contributed by atoms with Crippen molar-refractivity contribution in [2.45, 2.75) is 25.8 Å². The molecular weight excluding hydrogens is 291 g/mol. The summed E-state index contributed by atoms with van der Waals surface area (Å²) in [7, 11) is 0. The van der Waals surface area contributed by atoms with E-state index < -0.39 is 0 Å². The van der Waals surface area contributed by atoms with E-state index >= 15 is 0 Å². The van der Waals surface area contributed by atoms with Crippen LogP contribution in [0.2, 0.25) is 10.0 Å². The minimum atomic E-state index is 0.202. The fourth-order valence-electron chi connectivity index (χ4n) is 2.14. The molecule has 1 aromatic heterocycles. The lowest BCUT2D eigenvalue weighted by Gasteiger charge is -2.20. The van der Waals surface area contributed by atoms with Crippen molar-refractivity contribution in [3.63, 3.8) is 0 Å². The monoisotopic (exact) mass is 308 g/mol. The maximum absolute atomic E-state index is 6.20. The third kappa shape index (κ3) is 4.20. The zero-order valence-corrected chi connectivity index (χ0v) is 13.0. The number of pyridine rings is 1. The second kappa shape index (κ2) is 7.63. The minimum absolute atomic E-state index is 0.202. The van der Waals surface area contributed by atoms with E-state index in [0.717, 1.165) is 30.0 Å². The molecule has 4 heteroatoms. The highest BCUT2D eigenvalue weighted by molar-refractivity contribution is 6.31. The summed E-state index contributed by atoms with van der Waals surface area (Å²) in [6.45, 7) is 3.11. The highest BCUT2D eigenvalue weighted by atomic mass is 35.5. The molecule has 106 valence electrons. The zero-order valence-electron chi connectivity index (χ0n) is 11.4. The summed E-state index contributed by atoms with van der Waals surface area (Å²) in [5, 5.41) is 5.01. The SMILES string of the molecule is CCCNC(Cc1ccncc1Cl)c1cccc(Cl)c1. The molecule has 2 aromatic rings. The lowest BCUT2D eigenvalue weighted by Crippen LogP contribution is -2.24. The summed E-state index contributed by atoms with van der Waals surface area (Å²) >= 11 is 12.3. The molecule has 1 N–H and O–H groups in total. The minimum Gasteiger partial charge on any atom is -0.310 e. The van der Waals surface area contributed by atoms with E-state index in [9.17, 15) is 0 Å². The Morgan fingerprint density at radius 3 is 2.80 bits per heavy atom. The molecular formula is C16H18Cl2N2. The number of aromatic nitrogens is 1. The average Bonchev–Trinajstić information content (AvgIpc) is 2.45. The summed E-state index contributed by atoms with van der Waals surface area (Å²) in [6, 6.07) is 10.1. The fourth-order valence-corrected chi connectivity index (χ4v) is 2.53. The molecule has 1 aromatic carbocycles. The van der Waals surface area contributed by atoms with E-state index in [2.05, 4.69) is 23.3 Å². The van der Waals surface area contributed by atoms with Crippen LogP contribution in [0.15, 0.2) is 42.7 Å². The Kier molecular flexibility index (Phi) is 5.84. The summed E-state index contributed by atoms with van der Waals surface area (Å²) in [5.41, 5.74) is 2.27. The normalized spacial score (nSPS) is 12.3. The Labute approximate surface area is 130 Å². The van der Waals surface area contributed by atoms with Gasteiger partial charge in [0.15, 0.2) is 0 Å². The number of hydrogen-bond acceptors (Lipinski definition) is 2. The summed E-state index contributed by atoms with van der Waals surface area (Å²) < 4.78 is 0. The molecule has 0 saturated carbocycles. The predicted molar refractivity (Wildman–Crippen MR) is 85.4 cm³/mol. The second-order valence-electron chi connectivity index (χ2n) is 4.73. The van der Waals surface area contributed by atoms with E-state index in [4.69, 9.17) is 23.2 Å². The molecule has 0 radical (unpaired) electrons. The molecule has 1 atom stereocenters. The van der Waals surface area contributed by atoms with Crippen LogP contribution in [0.1, 0.15) is 30.5 Å². The molecule has 0 spiro atoms. The molecule has 2 nitrogen and oxygen atoms in total. The zero-order chi connectivity index (χ0) is 14.4. The van der Waals surface area contributed by atoms with Crippen LogP contribution in [0.3, 0.4) is 0 Å². The third-order valence-electron chi connectivity index (χ3n) is 3.17. The van der Waals surface area contributed by atoms with Gasteiger partial charge in [0.1, 0.15) is 0 Å². The number of rotatable bonds is 6. The highest BCUT2D eigenvalue weighted by Crippen LogP contribution is 2.24. The van der Waals surface area contributed by atoms with Crippen LogP contribution in [-0.4, -0.2) is 11.5 Å². The Hall–Kier alpha value is -1.09. The largest absolute Gasteiger partial charge is 0.310 e. The van der Waals surface area contributed by atoms with Crippen molar-refractivity contribution >= 4 is 23.2 Å². The van der Waals surface area contributed by atoms with Gasteiger partial charge in [-0.15, -0.1) is 0 Å². The fraction of sp³-hybridized carbons (Fsp3) is 0.312. The number of nitrogens with one attached hydrogen (secondary N) is 1. The first-order chi connectivity index (χ1) is 9.70. The van der Waals surface area contributed by atoms with Gasteiger partial charge in [0.25, 0.3) is 0 Å². The first-order valence-electron chi connectivity index (χ1n) is 6.78. The molecule has 0 aliphatic rings. The lowest BCUT2D eigenvalue weighted by molar-refractivity contribution is 0.529. The van der Waals surface area contributed by atoms with Gasteiger partial charge in [-0.25, -0.2) is 0 Å². The Morgan fingerprint density at radius 2 is 2.10 bits per heavy atom. The average molecular weight is 309 g/mol. The number of benzene rings is 1. The van der Waals surface area contributed by atoms with E-state index in [1.54, 1.807) is 12.4 Å². The second-order valence-corrected chi connectivity index (χ2v) is 5.58. The molecule has 0 bridgehead atoms. The lowest BCUT2D eigenvalue weighted by atomic mass is 9.99. The van der Waals surface area contributed by atoms with Gasteiger partial charge in [-0.1, -0.05) is 42.3 Å². The van der Waals surface area contributed by atoms with Gasteiger partial charge in [0.05, 0.1) is 5.02 Å². The van der Waals surface area contributed by atoms with Crippen LogP contribution in [0.4, 0.5) is 0 Å². The Bertz CT molecular complexity index is 558. The van der Waals surface area contributed by atoms with Crippen molar-refractivity contribution in [3.8, 4) is 0 Å². The van der Waals surface area contributed by atoms with Crippen LogP contribution in [0.5, 0.6) is 0 Å². The van der Waals surface area contributed by atoms with Crippen LogP contribution in [-0.2, 0) is 6.42 Å². The van der Waals surface area contributed by atoms with Gasteiger partial charge in [0, 0.05) is 23.5 Å². The molecule has 0 aliphatic carbocycles. The molecule has 0 aliphatic heterocycles. The van der Waals surface area contributed by atoms with Gasteiger partial charge < -0.3 is 5.32 Å². The van der Waals surface area contributed by atoms with Gasteiger partial charge in [-0.3, -0.25) is 4.98 Å². The van der Waals surface area contributed by atoms with Crippen molar-refractivity contribution < 1.29 is 0 Å². The van der Waals surface area contributed by atoms with Crippen molar-refractivity contribution in [2.24, 2.45) is 0 Å². The number of hydrogen-bond donors (Lipinski definition) is 1. The van der Waals surface area contributed by atoms with Gasteiger partial charge >= 0.3 is 0 Å². The summed E-state index contributed by atoms with van der Waals surface area (Å²) in [5.74, 6) is 0. The molecule has 0 fully saturated rings. The van der Waals surface area contributed by atoms with E-state index in [-0.39, 0.29) is 6.04 Å². The Morgan fingerprint density at radius 1 is 1.25 bits per heavy atom. The highest BCUT2D eigenvalue weighted by Gasteiger charge is 2.13. The van der Waals surface area contributed by atoms with Crippen LogP contribution in [0, 0.1) is 0 Å². The molecule has 1 unspecified atom stereocenters. The van der Waals surface area contributed by atoms with E-state index in [1.165, 1.54) is 5.56 Å². The van der Waals surface area contributed by atoms with Crippen molar-refractivity contribution in [1.29, 1.82) is 0 Å². The number of nitrogens with zero attached hydrogens (tertiary/aromatic N) is 1. The van der Waals surface area contributed by atoms with Crippen molar-refractivity contribution in [1.82, 2.24) is 10.3 Å². The first-order valence-corrected chi connectivity index (χ1v) is 7.53. The Balaban J connectivity index is 2.21.